The molecule has 0 bridgehead atoms. The van der Waals surface area contributed by atoms with Crippen LogP contribution < -0.4 is 4.74 Å². The van der Waals surface area contributed by atoms with E-state index in [4.69, 9.17) is 9.47 Å². The van der Waals surface area contributed by atoms with E-state index in [9.17, 15) is 9.90 Å². The van der Waals surface area contributed by atoms with Gasteiger partial charge < -0.3 is 14.6 Å². The molecule has 6 nitrogen and oxygen atoms in total. The number of carboxylic acid groups (broad SMARTS) is 1. The van der Waals surface area contributed by atoms with Gasteiger partial charge in [0.15, 0.2) is 0 Å². The topological polar surface area (TPSA) is 73.6 Å². The highest BCUT2D eigenvalue weighted by Gasteiger charge is 2.20. The van der Waals surface area contributed by atoms with Crippen LogP contribution in [0.4, 0.5) is 0 Å². The van der Waals surface area contributed by atoms with Crippen molar-refractivity contribution < 1.29 is 19.4 Å². The Morgan fingerprint density at radius 2 is 2.14 bits per heavy atom. The highest BCUT2D eigenvalue weighted by molar-refractivity contribution is 5.96. The lowest BCUT2D eigenvalue weighted by Crippen LogP contribution is -2.19. The van der Waals surface area contributed by atoms with Crippen molar-refractivity contribution in [2.75, 3.05) is 13.2 Å². The highest BCUT2D eigenvalue weighted by Crippen LogP contribution is 2.29. The Morgan fingerprint density at radius 3 is 2.77 bits per heavy atom. The number of fused-ring (bicyclic) bond motifs is 1. The van der Waals surface area contributed by atoms with E-state index < -0.39 is 5.97 Å². The molecule has 1 aromatic heterocycles. The summed E-state index contributed by atoms with van der Waals surface area (Å²) in [5.74, 6) is -0.622. The molecule has 0 spiro atoms. The summed E-state index contributed by atoms with van der Waals surface area (Å²) in [5, 5.41) is 14.8. The first-order valence-electron chi connectivity index (χ1n) is 7.55. The van der Waals surface area contributed by atoms with E-state index in [2.05, 4.69) is 5.10 Å². The molecule has 0 unspecified atom stereocenters. The van der Waals surface area contributed by atoms with Crippen LogP contribution in [0.2, 0.25) is 0 Å². The number of hydrogen-bond acceptors (Lipinski definition) is 4. The molecule has 1 fully saturated rings. The van der Waals surface area contributed by atoms with E-state index in [1.807, 2.05) is 24.7 Å². The van der Waals surface area contributed by atoms with E-state index in [0.29, 0.717) is 11.8 Å². The molecule has 1 aliphatic heterocycles. The average Bonchev–Trinajstić information content (AvgIpc) is 2.89. The van der Waals surface area contributed by atoms with Gasteiger partial charge in [0.05, 0.1) is 17.7 Å². The van der Waals surface area contributed by atoms with Gasteiger partial charge in [-0.1, -0.05) is 0 Å². The number of hydrogen-bond donors (Lipinski definition) is 1. The summed E-state index contributed by atoms with van der Waals surface area (Å²) in [4.78, 5) is 11.4. The van der Waals surface area contributed by atoms with Crippen LogP contribution in [0.1, 0.15) is 43.1 Å². The fraction of sp³-hybridized carbons (Fsp3) is 0.500. The lowest BCUT2D eigenvalue weighted by molar-refractivity contribution is 0.0664. The van der Waals surface area contributed by atoms with E-state index in [1.54, 1.807) is 12.1 Å². The second-order valence-electron chi connectivity index (χ2n) is 5.83. The Morgan fingerprint density at radius 1 is 1.41 bits per heavy atom. The Hall–Kier alpha value is -2.08. The van der Waals surface area contributed by atoms with Crippen LogP contribution in [0.5, 0.6) is 5.75 Å². The molecule has 1 saturated heterocycles. The Balaban J connectivity index is 2.01. The van der Waals surface area contributed by atoms with Gasteiger partial charge in [0.25, 0.3) is 0 Å². The average molecular weight is 304 g/mol. The molecule has 0 radical (unpaired) electrons. The van der Waals surface area contributed by atoms with Crippen molar-refractivity contribution in [2.24, 2.45) is 0 Å². The molecule has 118 valence electrons. The molecule has 0 atom stereocenters. The Labute approximate surface area is 128 Å². The van der Waals surface area contributed by atoms with Gasteiger partial charge in [-0.15, -0.1) is 0 Å². The quantitative estimate of drug-likeness (QED) is 0.940. The third-order valence-electron chi connectivity index (χ3n) is 3.78. The van der Waals surface area contributed by atoms with Gasteiger partial charge in [-0.2, -0.15) is 5.10 Å². The van der Waals surface area contributed by atoms with Gasteiger partial charge >= 0.3 is 5.97 Å². The summed E-state index contributed by atoms with van der Waals surface area (Å²) in [6.07, 6.45) is 3.68. The largest absolute Gasteiger partial charge is 0.490 e. The number of aromatic nitrogens is 2. The van der Waals surface area contributed by atoms with E-state index in [1.165, 1.54) is 0 Å². The van der Waals surface area contributed by atoms with E-state index >= 15 is 0 Å². The molecule has 22 heavy (non-hydrogen) atoms. The highest BCUT2D eigenvalue weighted by atomic mass is 16.5. The maximum absolute atomic E-state index is 11.4. The normalized spacial score (nSPS) is 16.3. The van der Waals surface area contributed by atoms with Crippen LogP contribution in [0.3, 0.4) is 0 Å². The minimum Gasteiger partial charge on any atom is -0.490 e. The third kappa shape index (κ3) is 2.92. The van der Waals surface area contributed by atoms with Crippen molar-refractivity contribution in [3.05, 3.63) is 23.9 Å². The molecule has 1 aromatic carbocycles. The predicted octanol–water partition coefficient (Wildman–Crippen LogP) is 2.87. The van der Waals surface area contributed by atoms with Gasteiger partial charge in [0.1, 0.15) is 11.3 Å². The first-order valence-corrected chi connectivity index (χ1v) is 7.55. The number of ether oxygens (including phenoxy) is 2. The lowest BCUT2D eigenvalue weighted by Gasteiger charge is -2.22. The number of benzene rings is 1. The van der Waals surface area contributed by atoms with Gasteiger partial charge in [-0.25, -0.2) is 4.79 Å². The second kappa shape index (κ2) is 5.96. The molecule has 0 saturated carbocycles. The smallest absolute Gasteiger partial charge is 0.339 e. The van der Waals surface area contributed by atoms with Crippen molar-refractivity contribution in [2.45, 2.75) is 38.8 Å². The molecule has 1 N–H and O–H groups in total. The number of rotatable bonds is 4. The van der Waals surface area contributed by atoms with Crippen molar-refractivity contribution in [1.29, 1.82) is 0 Å². The zero-order chi connectivity index (χ0) is 15.7. The monoisotopic (exact) mass is 304 g/mol. The van der Waals surface area contributed by atoms with Gasteiger partial charge in [0.2, 0.25) is 0 Å². The standard InChI is InChI=1S/C16H20N2O4/c1-10(2)22-15-8-14-11(7-13(15)16(19)20)9-18(17-14)12-3-5-21-6-4-12/h7-10,12H,3-6H2,1-2H3,(H,19,20). The van der Waals surface area contributed by atoms with Crippen molar-refractivity contribution in [3.63, 3.8) is 0 Å². The molecule has 0 aliphatic carbocycles. The van der Waals surface area contributed by atoms with Crippen LogP contribution in [0.15, 0.2) is 18.3 Å². The minimum atomic E-state index is -0.989. The zero-order valence-electron chi connectivity index (χ0n) is 12.8. The third-order valence-corrected chi connectivity index (χ3v) is 3.78. The predicted molar refractivity (Wildman–Crippen MR) is 81.5 cm³/mol. The Kier molecular flexibility index (Phi) is 4.02. The summed E-state index contributed by atoms with van der Waals surface area (Å²) < 4.78 is 12.9. The van der Waals surface area contributed by atoms with Crippen molar-refractivity contribution >= 4 is 16.9 Å². The fourth-order valence-electron chi connectivity index (χ4n) is 2.73. The number of nitrogens with zero attached hydrogens (tertiary/aromatic N) is 2. The summed E-state index contributed by atoms with van der Waals surface area (Å²) in [6.45, 7) is 5.22. The number of carbonyl (C=O) groups is 1. The van der Waals surface area contributed by atoms with Gasteiger partial charge in [-0.05, 0) is 32.8 Å². The lowest BCUT2D eigenvalue weighted by atomic mass is 10.1. The number of carboxylic acids is 1. The van der Waals surface area contributed by atoms with Crippen LogP contribution in [-0.4, -0.2) is 40.2 Å². The molecule has 3 rings (SSSR count). The van der Waals surface area contributed by atoms with Gasteiger partial charge in [-0.3, -0.25) is 4.68 Å². The van der Waals surface area contributed by atoms with Crippen LogP contribution in [0, 0.1) is 0 Å². The first kappa shape index (κ1) is 14.8. The molecule has 2 aromatic rings. The zero-order valence-corrected chi connectivity index (χ0v) is 12.8. The molecule has 6 heteroatoms. The van der Waals surface area contributed by atoms with Crippen LogP contribution in [-0.2, 0) is 4.74 Å². The summed E-state index contributed by atoms with van der Waals surface area (Å²) in [5.41, 5.74) is 0.930. The summed E-state index contributed by atoms with van der Waals surface area (Å²) in [7, 11) is 0. The maximum atomic E-state index is 11.4. The van der Waals surface area contributed by atoms with Crippen molar-refractivity contribution in [1.82, 2.24) is 9.78 Å². The SMILES string of the molecule is CC(C)Oc1cc2nn(C3CCOCC3)cc2cc1C(=O)O. The number of aromatic carboxylic acids is 1. The molecular formula is C16H20N2O4. The van der Waals surface area contributed by atoms with E-state index in [-0.39, 0.29) is 11.7 Å². The summed E-state index contributed by atoms with van der Waals surface area (Å²) in [6, 6.07) is 3.66. The second-order valence-corrected chi connectivity index (χ2v) is 5.83. The minimum absolute atomic E-state index is 0.0897. The molecule has 0 amide bonds. The fourth-order valence-corrected chi connectivity index (χ4v) is 2.73. The maximum Gasteiger partial charge on any atom is 0.339 e. The molecular weight excluding hydrogens is 284 g/mol. The summed E-state index contributed by atoms with van der Waals surface area (Å²) >= 11 is 0. The molecule has 2 heterocycles. The Bertz CT molecular complexity index is 687. The van der Waals surface area contributed by atoms with Gasteiger partial charge in [0, 0.05) is 30.9 Å². The van der Waals surface area contributed by atoms with Crippen molar-refractivity contribution in [3.8, 4) is 5.75 Å². The first-order chi connectivity index (χ1) is 10.5. The van der Waals surface area contributed by atoms with Crippen LogP contribution >= 0.6 is 0 Å². The molecule has 1 aliphatic rings. The van der Waals surface area contributed by atoms with Crippen LogP contribution in [0.25, 0.3) is 10.9 Å². The van der Waals surface area contributed by atoms with E-state index in [0.717, 1.165) is 37.0 Å².